The fraction of sp³-hybridized carbons (Fsp3) is 0.333. The third kappa shape index (κ3) is 4.23. The minimum absolute atomic E-state index is 0.0225. The Bertz CT molecular complexity index is 1140. The third-order valence-corrected chi connectivity index (χ3v) is 5.43. The van der Waals surface area contributed by atoms with Gasteiger partial charge in [0.05, 0.1) is 10.5 Å². The normalized spacial score (nSPS) is 18.7. The Balaban J connectivity index is 1.70. The molecule has 0 N–H and O–H groups in total. The molecule has 0 amide bonds. The van der Waals surface area contributed by atoms with Crippen LogP contribution in [-0.4, -0.2) is 33.5 Å². The van der Waals surface area contributed by atoms with Crippen LogP contribution in [0.4, 0.5) is 24.5 Å². The van der Waals surface area contributed by atoms with Gasteiger partial charge in [0.1, 0.15) is 11.4 Å². The molecule has 4 rings (SSSR count). The molecule has 2 aromatic carbocycles. The maximum absolute atomic E-state index is 12.7. The summed E-state index contributed by atoms with van der Waals surface area (Å²) in [5, 5.41) is 15.5. The van der Waals surface area contributed by atoms with Crippen molar-refractivity contribution in [3.63, 3.8) is 0 Å². The van der Waals surface area contributed by atoms with Crippen LogP contribution in [0.3, 0.4) is 0 Å². The molecule has 8 nitrogen and oxygen atoms in total. The second-order valence-corrected chi connectivity index (χ2v) is 7.61. The van der Waals surface area contributed by atoms with Gasteiger partial charge >= 0.3 is 6.36 Å². The minimum atomic E-state index is -4.89. The van der Waals surface area contributed by atoms with Crippen molar-refractivity contribution in [2.45, 2.75) is 45.1 Å². The van der Waals surface area contributed by atoms with Crippen LogP contribution in [-0.2, 0) is 0 Å². The first-order valence-electron chi connectivity index (χ1n) is 9.90. The van der Waals surface area contributed by atoms with E-state index in [4.69, 9.17) is 4.52 Å². The van der Waals surface area contributed by atoms with E-state index in [1.165, 1.54) is 24.3 Å². The number of halogens is 3. The maximum Gasteiger partial charge on any atom is 0.573 e. The summed E-state index contributed by atoms with van der Waals surface area (Å²) in [6.07, 6.45) is -3.01. The molecule has 2 atom stereocenters. The quantitative estimate of drug-likeness (QED) is 0.371. The van der Waals surface area contributed by atoms with Crippen LogP contribution in [0.5, 0.6) is 5.75 Å². The van der Waals surface area contributed by atoms with Gasteiger partial charge in [0.25, 0.3) is 11.6 Å². The molecule has 3 aromatic rings. The summed E-state index contributed by atoms with van der Waals surface area (Å²) in [7, 11) is 0. The highest BCUT2D eigenvalue weighted by Crippen LogP contribution is 2.39. The van der Waals surface area contributed by atoms with Gasteiger partial charge in [-0.3, -0.25) is 10.1 Å². The Morgan fingerprint density at radius 3 is 2.50 bits per heavy atom. The standard InChI is InChI=1S/C21H19F3N4O4/c1-12-7-8-13(2)27(12)16-10-9-14(11-17(16)28(29)30)20-25-19(26-32-20)15-5-3-4-6-18(15)31-21(22,23)24/h3-6,9-13H,7-8H2,1-2H3. The fourth-order valence-corrected chi connectivity index (χ4v) is 4.01. The molecule has 11 heteroatoms. The average Bonchev–Trinajstić information content (AvgIpc) is 3.34. The molecule has 2 unspecified atom stereocenters. The lowest BCUT2D eigenvalue weighted by Gasteiger charge is -2.28. The smallest absolute Gasteiger partial charge is 0.405 e. The molecule has 0 aliphatic carbocycles. The van der Waals surface area contributed by atoms with Crippen LogP contribution in [0.25, 0.3) is 22.8 Å². The molecule has 0 bridgehead atoms. The number of nitro groups is 1. The Labute approximate surface area is 180 Å². The topological polar surface area (TPSA) is 94.5 Å². The highest BCUT2D eigenvalue weighted by atomic mass is 19.4. The molecule has 32 heavy (non-hydrogen) atoms. The number of rotatable bonds is 5. The molecule has 1 saturated heterocycles. The van der Waals surface area contributed by atoms with Crippen molar-refractivity contribution in [1.82, 2.24) is 10.1 Å². The van der Waals surface area contributed by atoms with Crippen LogP contribution in [0.1, 0.15) is 26.7 Å². The van der Waals surface area contributed by atoms with E-state index in [1.807, 2.05) is 18.7 Å². The van der Waals surface area contributed by atoms with E-state index < -0.39 is 17.0 Å². The van der Waals surface area contributed by atoms with Gasteiger partial charge in [0, 0.05) is 23.7 Å². The zero-order valence-corrected chi connectivity index (χ0v) is 17.2. The minimum Gasteiger partial charge on any atom is -0.405 e. The van der Waals surface area contributed by atoms with Crippen LogP contribution in [0.2, 0.25) is 0 Å². The Hall–Kier alpha value is -3.63. The van der Waals surface area contributed by atoms with Gasteiger partial charge in [-0.1, -0.05) is 17.3 Å². The van der Waals surface area contributed by atoms with Crippen LogP contribution < -0.4 is 9.64 Å². The number of hydrogen-bond acceptors (Lipinski definition) is 7. The number of para-hydroxylation sites is 1. The molecular formula is C21H19F3N4O4. The SMILES string of the molecule is CC1CCC(C)N1c1ccc(-c2nc(-c3ccccc3OC(F)(F)F)no2)cc1[N+](=O)[O-]. The number of nitrogens with zero attached hydrogens (tertiary/aromatic N) is 4. The lowest BCUT2D eigenvalue weighted by Crippen LogP contribution is -2.33. The van der Waals surface area contributed by atoms with Gasteiger partial charge in [-0.25, -0.2) is 0 Å². The van der Waals surface area contributed by atoms with Crippen LogP contribution in [0.15, 0.2) is 47.0 Å². The van der Waals surface area contributed by atoms with Crippen molar-refractivity contribution in [2.75, 3.05) is 4.90 Å². The lowest BCUT2D eigenvalue weighted by molar-refractivity contribution is -0.384. The molecule has 0 radical (unpaired) electrons. The van der Waals surface area contributed by atoms with E-state index in [1.54, 1.807) is 12.1 Å². The van der Waals surface area contributed by atoms with E-state index in [2.05, 4.69) is 14.9 Å². The summed E-state index contributed by atoms with van der Waals surface area (Å²) in [6.45, 7) is 4.04. The summed E-state index contributed by atoms with van der Waals surface area (Å²) in [5.41, 5.74) is 0.655. The Morgan fingerprint density at radius 2 is 1.84 bits per heavy atom. The molecule has 1 aromatic heterocycles. The van der Waals surface area contributed by atoms with Gasteiger partial charge in [-0.15, -0.1) is 13.2 Å². The van der Waals surface area contributed by atoms with E-state index in [0.717, 1.165) is 18.9 Å². The number of nitro benzene ring substituents is 1. The highest BCUT2D eigenvalue weighted by Gasteiger charge is 2.34. The van der Waals surface area contributed by atoms with Crippen molar-refractivity contribution in [1.29, 1.82) is 0 Å². The van der Waals surface area contributed by atoms with Gasteiger partial charge in [0.15, 0.2) is 0 Å². The Kier molecular flexibility index (Phi) is 5.49. The second-order valence-electron chi connectivity index (χ2n) is 7.61. The van der Waals surface area contributed by atoms with Crippen molar-refractivity contribution in [2.24, 2.45) is 0 Å². The van der Waals surface area contributed by atoms with Crippen molar-refractivity contribution in [3.8, 4) is 28.6 Å². The average molecular weight is 448 g/mol. The number of alkyl halides is 3. The predicted molar refractivity (Wildman–Crippen MR) is 109 cm³/mol. The molecule has 1 fully saturated rings. The van der Waals surface area contributed by atoms with Crippen molar-refractivity contribution < 1.29 is 27.4 Å². The highest BCUT2D eigenvalue weighted by molar-refractivity contribution is 5.73. The van der Waals surface area contributed by atoms with Crippen LogP contribution >= 0.6 is 0 Å². The molecule has 0 spiro atoms. The van der Waals surface area contributed by atoms with Crippen molar-refractivity contribution >= 4 is 11.4 Å². The number of anilines is 1. The van der Waals surface area contributed by atoms with Gasteiger partial charge in [-0.05, 0) is 51.0 Å². The summed E-state index contributed by atoms with van der Waals surface area (Å²) in [6, 6.07) is 10.3. The maximum atomic E-state index is 12.7. The summed E-state index contributed by atoms with van der Waals surface area (Å²) >= 11 is 0. The van der Waals surface area contributed by atoms with E-state index in [-0.39, 0.29) is 40.6 Å². The molecule has 0 saturated carbocycles. The largest absolute Gasteiger partial charge is 0.573 e. The number of ether oxygens (including phenoxy) is 1. The number of aromatic nitrogens is 2. The lowest BCUT2D eigenvalue weighted by atomic mass is 10.1. The second kappa shape index (κ2) is 8.13. The van der Waals surface area contributed by atoms with E-state index >= 15 is 0 Å². The van der Waals surface area contributed by atoms with Gasteiger partial charge in [-0.2, -0.15) is 4.98 Å². The number of hydrogen-bond donors (Lipinski definition) is 0. The summed E-state index contributed by atoms with van der Waals surface area (Å²) < 4.78 is 47.3. The first-order valence-corrected chi connectivity index (χ1v) is 9.90. The Morgan fingerprint density at radius 1 is 1.16 bits per heavy atom. The molecule has 168 valence electrons. The monoisotopic (exact) mass is 448 g/mol. The van der Waals surface area contributed by atoms with Gasteiger partial charge in [0.2, 0.25) is 5.82 Å². The first-order chi connectivity index (χ1) is 15.1. The van der Waals surface area contributed by atoms with E-state index in [0.29, 0.717) is 5.69 Å². The number of benzene rings is 2. The molecule has 1 aliphatic heterocycles. The first kappa shape index (κ1) is 21.6. The summed E-state index contributed by atoms with van der Waals surface area (Å²) in [4.78, 5) is 17.5. The molecular weight excluding hydrogens is 429 g/mol. The van der Waals surface area contributed by atoms with Crippen LogP contribution in [0, 0.1) is 10.1 Å². The molecule has 2 heterocycles. The zero-order chi connectivity index (χ0) is 23.0. The summed E-state index contributed by atoms with van der Waals surface area (Å²) in [5.74, 6) is -0.668. The third-order valence-electron chi connectivity index (χ3n) is 5.43. The predicted octanol–water partition coefficient (Wildman–Crippen LogP) is 5.59. The van der Waals surface area contributed by atoms with Crippen molar-refractivity contribution in [3.05, 3.63) is 52.6 Å². The molecule has 1 aliphatic rings. The van der Waals surface area contributed by atoms with Gasteiger partial charge < -0.3 is 14.2 Å². The fourth-order valence-electron chi connectivity index (χ4n) is 4.01. The van der Waals surface area contributed by atoms with E-state index in [9.17, 15) is 23.3 Å². The zero-order valence-electron chi connectivity index (χ0n) is 17.2.